The van der Waals surface area contributed by atoms with Crippen molar-refractivity contribution in [3.05, 3.63) is 36.1 Å². The van der Waals surface area contributed by atoms with Crippen LogP contribution in [0.15, 0.2) is 34.9 Å². The molecule has 0 unspecified atom stereocenters. The van der Waals surface area contributed by atoms with E-state index in [1.54, 1.807) is 18.2 Å². The quantitative estimate of drug-likeness (QED) is 0.881. The zero-order valence-electron chi connectivity index (χ0n) is 9.38. The molecular weight excluding hydrogens is 236 g/mol. The average Bonchev–Trinajstić information content (AvgIpc) is 2.91. The van der Waals surface area contributed by atoms with Gasteiger partial charge in [-0.15, -0.1) is 0 Å². The van der Waals surface area contributed by atoms with Crippen LogP contribution in [-0.4, -0.2) is 24.3 Å². The van der Waals surface area contributed by atoms with Gasteiger partial charge in [-0.1, -0.05) is 0 Å². The van der Waals surface area contributed by atoms with Crippen molar-refractivity contribution in [1.29, 1.82) is 0 Å². The summed E-state index contributed by atoms with van der Waals surface area (Å²) in [6, 6.07) is 6.51. The Labute approximate surface area is 103 Å². The van der Waals surface area contributed by atoms with Crippen molar-refractivity contribution in [2.45, 2.75) is 0 Å². The second-order valence-corrected chi connectivity index (χ2v) is 3.82. The highest BCUT2D eigenvalue weighted by molar-refractivity contribution is 5.96. The highest BCUT2D eigenvalue weighted by Gasteiger charge is 2.21. The zero-order valence-corrected chi connectivity index (χ0v) is 9.38. The molecule has 0 atom stereocenters. The van der Waals surface area contributed by atoms with E-state index < -0.39 is 5.97 Å². The van der Waals surface area contributed by atoms with Crippen LogP contribution in [0.1, 0.15) is 10.4 Å². The lowest BCUT2D eigenvalue weighted by atomic mass is 10.0. The number of hydrogen-bond acceptors (Lipinski definition) is 4. The van der Waals surface area contributed by atoms with Crippen LogP contribution in [-0.2, 0) is 0 Å². The molecule has 0 saturated heterocycles. The SMILES string of the molecule is O=C(O)c1cc2c(cc1-c1ccco1)OCCO2. The minimum Gasteiger partial charge on any atom is -0.486 e. The lowest BCUT2D eigenvalue weighted by molar-refractivity contribution is 0.0696. The van der Waals surface area contributed by atoms with E-state index >= 15 is 0 Å². The van der Waals surface area contributed by atoms with E-state index in [0.717, 1.165) is 0 Å². The van der Waals surface area contributed by atoms with Gasteiger partial charge in [0, 0.05) is 5.56 Å². The molecule has 3 rings (SSSR count). The Hall–Kier alpha value is -2.43. The van der Waals surface area contributed by atoms with E-state index in [1.165, 1.54) is 12.3 Å². The van der Waals surface area contributed by atoms with Crippen LogP contribution in [0.25, 0.3) is 11.3 Å². The number of benzene rings is 1. The molecule has 0 radical (unpaired) electrons. The summed E-state index contributed by atoms with van der Waals surface area (Å²) in [6.07, 6.45) is 1.50. The van der Waals surface area contributed by atoms with E-state index in [4.69, 9.17) is 13.9 Å². The van der Waals surface area contributed by atoms with Crippen molar-refractivity contribution in [3.63, 3.8) is 0 Å². The molecule has 0 amide bonds. The Morgan fingerprint density at radius 2 is 1.89 bits per heavy atom. The van der Waals surface area contributed by atoms with Crippen molar-refractivity contribution < 1.29 is 23.8 Å². The number of carboxylic acid groups (broad SMARTS) is 1. The Morgan fingerprint density at radius 3 is 2.50 bits per heavy atom. The molecule has 5 heteroatoms. The average molecular weight is 246 g/mol. The first kappa shape index (κ1) is 10.7. The summed E-state index contributed by atoms with van der Waals surface area (Å²) in [5.74, 6) is 0.453. The summed E-state index contributed by atoms with van der Waals surface area (Å²) in [6.45, 7) is 0.878. The molecule has 0 bridgehead atoms. The summed E-state index contributed by atoms with van der Waals surface area (Å²) in [5, 5.41) is 9.23. The molecule has 92 valence electrons. The van der Waals surface area contributed by atoms with Crippen LogP contribution in [0.5, 0.6) is 11.5 Å². The van der Waals surface area contributed by atoms with Crippen molar-refractivity contribution in [2.24, 2.45) is 0 Å². The molecule has 1 aromatic carbocycles. The van der Waals surface area contributed by atoms with Gasteiger partial charge in [0.1, 0.15) is 19.0 Å². The van der Waals surface area contributed by atoms with Gasteiger partial charge in [-0.25, -0.2) is 4.79 Å². The number of hydrogen-bond donors (Lipinski definition) is 1. The van der Waals surface area contributed by atoms with Crippen molar-refractivity contribution >= 4 is 5.97 Å². The number of aromatic carboxylic acids is 1. The minimum atomic E-state index is -1.03. The molecule has 2 heterocycles. The predicted octanol–water partition coefficient (Wildman–Crippen LogP) is 2.42. The molecule has 1 aromatic heterocycles. The number of rotatable bonds is 2. The number of fused-ring (bicyclic) bond motifs is 1. The molecule has 1 aliphatic rings. The molecule has 1 aliphatic heterocycles. The zero-order chi connectivity index (χ0) is 12.5. The van der Waals surface area contributed by atoms with E-state index in [2.05, 4.69) is 0 Å². The van der Waals surface area contributed by atoms with Crippen LogP contribution in [0, 0.1) is 0 Å². The molecule has 0 saturated carbocycles. The molecule has 0 aliphatic carbocycles. The van der Waals surface area contributed by atoms with Crippen LogP contribution >= 0.6 is 0 Å². The third-order valence-corrected chi connectivity index (χ3v) is 2.70. The second kappa shape index (κ2) is 4.10. The van der Waals surface area contributed by atoms with Crippen molar-refractivity contribution in [1.82, 2.24) is 0 Å². The molecular formula is C13H10O5. The van der Waals surface area contributed by atoms with E-state index in [0.29, 0.717) is 36.0 Å². The van der Waals surface area contributed by atoms with Crippen molar-refractivity contribution in [2.75, 3.05) is 13.2 Å². The van der Waals surface area contributed by atoms with Crippen LogP contribution in [0.2, 0.25) is 0 Å². The number of carboxylic acids is 1. The Bertz CT molecular complexity index is 586. The molecule has 2 aromatic rings. The van der Waals surface area contributed by atoms with E-state index in [-0.39, 0.29) is 5.56 Å². The largest absolute Gasteiger partial charge is 0.486 e. The lowest BCUT2D eigenvalue weighted by Crippen LogP contribution is -2.16. The van der Waals surface area contributed by atoms with Gasteiger partial charge in [0.15, 0.2) is 11.5 Å². The van der Waals surface area contributed by atoms with Crippen LogP contribution < -0.4 is 9.47 Å². The molecule has 18 heavy (non-hydrogen) atoms. The molecule has 0 spiro atoms. The maximum atomic E-state index is 11.3. The van der Waals surface area contributed by atoms with Gasteiger partial charge in [0.25, 0.3) is 0 Å². The summed E-state index contributed by atoms with van der Waals surface area (Å²) in [5.41, 5.74) is 0.617. The number of furan rings is 1. The summed E-state index contributed by atoms with van der Waals surface area (Å²) in [7, 11) is 0. The molecule has 0 fully saturated rings. The number of carbonyl (C=O) groups is 1. The smallest absolute Gasteiger partial charge is 0.336 e. The Kier molecular flexibility index (Phi) is 2.44. The van der Waals surface area contributed by atoms with Gasteiger partial charge in [0.05, 0.1) is 11.8 Å². The first-order valence-corrected chi connectivity index (χ1v) is 5.46. The fraction of sp³-hybridized carbons (Fsp3) is 0.154. The highest BCUT2D eigenvalue weighted by atomic mass is 16.6. The Balaban J connectivity index is 2.19. The molecule has 1 N–H and O–H groups in total. The summed E-state index contributed by atoms with van der Waals surface area (Å²) in [4.78, 5) is 11.3. The maximum absolute atomic E-state index is 11.3. The van der Waals surface area contributed by atoms with Crippen molar-refractivity contribution in [3.8, 4) is 22.8 Å². The number of ether oxygens (including phenoxy) is 2. The first-order chi connectivity index (χ1) is 8.75. The standard InChI is InChI=1S/C13H10O5/c14-13(15)9-7-12-11(17-4-5-18-12)6-8(9)10-2-1-3-16-10/h1-3,6-7H,4-5H2,(H,14,15). The topological polar surface area (TPSA) is 68.9 Å². The van der Waals surface area contributed by atoms with E-state index in [9.17, 15) is 9.90 Å². The monoisotopic (exact) mass is 246 g/mol. The first-order valence-electron chi connectivity index (χ1n) is 5.46. The summed E-state index contributed by atoms with van der Waals surface area (Å²) < 4.78 is 16.0. The third kappa shape index (κ3) is 1.69. The fourth-order valence-electron chi connectivity index (χ4n) is 1.90. The molecule has 5 nitrogen and oxygen atoms in total. The fourth-order valence-corrected chi connectivity index (χ4v) is 1.90. The van der Waals surface area contributed by atoms with Gasteiger partial charge in [-0.2, -0.15) is 0 Å². The van der Waals surface area contributed by atoms with Gasteiger partial charge in [0.2, 0.25) is 0 Å². The second-order valence-electron chi connectivity index (χ2n) is 3.82. The van der Waals surface area contributed by atoms with Gasteiger partial charge >= 0.3 is 5.97 Å². The van der Waals surface area contributed by atoms with Gasteiger partial charge in [-0.05, 0) is 24.3 Å². The highest BCUT2D eigenvalue weighted by Crippen LogP contribution is 2.37. The normalized spacial score (nSPS) is 13.3. The van der Waals surface area contributed by atoms with Gasteiger partial charge in [-0.3, -0.25) is 0 Å². The Morgan fingerprint density at radius 1 is 1.17 bits per heavy atom. The van der Waals surface area contributed by atoms with Crippen LogP contribution in [0.4, 0.5) is 0 Å². The summed E-state index contributed by atoms with van der Waals surface area (Å²) >= 11 is 0. The maximum Gasteiger partial charge on any atom is 0.336 e. The van der Waals surface area contributed by atoms with Gasteiger partial charge < -0.3 is 19.0 Å². The lowest BCUT2D eigenvalue weighted by Gasteiger charge is -2.19. The van der Waals surface area contributed by atoms with E-state index in [1.807, 2.05) is 0 Å². The minimum absolute atomic E-state index is 0.134. The predicted molar refractivity (Wildman–Crippen MR) is 62.1 cm³/mol. The van der Waals surface area contributed by atoms with Crippen LogP contribution in [0.3, 0.4) is 0 Å². The third-order valence-electron chi connectivity index (χ3n) is 2.70.